The number of halogens is 1. The van der Waals surface area contributed by atoms with Gasteiger partial charge in [-0.3, -0.25) is 4.79 Å². The van der Waals surface area contributed by atoms with Crippen molar-refractivity contribution in [2.24, 2.45) is 0 Å². The molecule has 5 heteroatoms. The van der Waals surface area contributed by atoms with Gasteiger partial charge in [-0.05, 0) is 18.6 Å². The Bertz CT molecular complexity index is 380. The molecule has 0 spiro atoms. The molecule has 1 aliphatic heterocycles. The molecule has 1 atom stereocenters. The molecule has 16 heavy (non-hydrogen) atoms. The number of carbonyl (C=O) groups excluding carboxylic acids is 1. The maximum absolute atomic E-state index is 11.7. The monoisotopic (exact) mass is 275 g/mol. The van der Waals surface area contributed by atoms with E-state index in [1.807, 2.05) is 17.0 Å². The highest BCUT2D eigenvalue weighted by atomic mass is 35.5. The molecule has 2 nitrogen and oxygen atoms in total. The first kappa shape index (κ1) is 12.3. The molecule has 1 amide bonds. The molecular weight excluding hydrogens is 262 g/mol. The number of thiophene rings is 1. The Morgan fingerprint density at radius 2 is 2.38 bits per heavy atom. The standard InChI is InChI=1S/C11H14ClNOS2/c1-2-3-6-13-10(14)7-15-11(13)8-4-5-9(12)16-8/h4-5,11H,2-3,6-7H2,1H3. The molecule has 0 radical (unpaired) electrons. The lowest BCUT2D eigenvalue weighted by atomic mass is 10.3. The number of nitrogens with zero attached hydrogens (tertiary/aromatic N) is 1. The van der Waals surface area contributed by atoms with Crippen molar-refractivity contribution < 1.29 is 4.79 Å². The number of carbonyl (C=O) groups is 1. The number of amides is 1. The largest absolute Gasteiger partial charge is 0.325 e. The molecule has 0 aromatic carbocycles. The van der Waals surface area contributed by atoms with E-state index in [4.69, 9.17) is 11.6 Å². The third-order valence-corrected chi connectivity index (χ3v) is 5.23. The van der Waals surface area contributed by atoms with Crippen molar-refractivity contribution in [3.8, 4) is 0 Å². The molecule has 1 saturated heterocycles. The first-order valence-electron chi connectivity index (χ1n) is 5.38. The van der Waals surface area contributed by atoms with Gasteiger partial charge in [0.25, 0.3) is 0 Å². The van der Waals surface area contributed by atoms with Crippen LogP contribution in [0, 0.1) is 0 Å². The average Bonchev–Trinajstić information content (AvgIpc) is 2.82. The van der Waals surface area contributed by atoms with Gasteiger partial charge in [0.1, 0.15) is 5.37 Å². The van der Waals surface area contributed by atoms with Gasteiger partial charge in [-0.1, -0.05) is 24.9 Å². The first-order valence-corrected chi connectivity index (χ1v) is 7.63. The van der Waals surface area contributed by atoms with E-state index in [0.717, 1.165) is 23.7 Å². The zero-order valence-electron chi connectivity index (χ0n) is 9.11. The number of rotatable bonds is 4. The lowest BCUT2D eigenvalue weighted by Crippen LogP contribution is -2.28. The maximum Gasteiger partial charge on any atom is 0.233 e. The van der Waals surface area contributed by atoms with E-state index in [1.54, 1.807) is 23.1 Å². The van der Waals surface area contributed by atoms with E-state index in [0.29, 0.717) is 5.75 Å². The Morgan fingerprint density at radius 1 is 1.56 bits per heavy atom. The van der Waals surface area contributed by atoms with Crippen LogP contribution < -0.4 is 0 Å². The van der Waals surface area contributed by atoms with Crippen LogP contribution in [0.5, 0.6) is 0 Å². The second kappa shape index (κ2) is 5.43. The average molecular weight is 276 g/mol. The van der Waals surface area contributed by atoms with Crippen LogP contribution in [0.4, 0.5) is 0 Å². The highest BCUT2D eigenvalue weighted by Crippen LogP contribution is 2.42. The minimum Gasteiger partial charge on any atom is -0.325 e. The van der Waals surface area contributed by atoms with Gasteiger partial charge in [0.2, 0.25) is 5.91 Å². The summed E-state index contributed by atoms with van der Waals surface area (Å²) in [5, 5.41) is 0.191. The van der Waals surface area contributed by atoms with E-state index < -0.39 is 0 Å². The summed E-state index contributed by atoms with van der Waals surface area (Å²) in [7, 11) is 0. The molecule has 0 N–H and O–H groups in total. The highest BCUT2D eigenvalue weighted by Gasteiger charge is 2.32. The van der Waals surface area contributed by atoms with Crippen molar-refractivity contribution in [1.82, 2.24) is 4.90 Å². The lowest BCUT2D eigenvalue weighted by Gasteiger charge is -2.22. The van der Waals surface area contributed by atoms with Crippen LogP contribution in [0.1, 0.15) is 30.0 Å². The Kier molecular flexibility index (Phi) is 4.16. The summed E-state index contributed by atoms with van der Waals surface area (Å²) < 4.78 is 0.797. The molecule has 88 valence electrons. The van der Waals surface area contributed by atoms with E-state index >= 15 is 0 Å². The Hall–Kier alpha value is -0.190. The molecule has 1 aromatic heterocycles. The van der Waals surface area contributed by atoms with Gasteiger partial charge >= 0.3 is 0 Å². The van der Waals surface area contributed by atoms with Crippen molar-refractivity contribution in [3.63, 3.8) is 0 Å². The Balaban J connectivity index is 2.11. The topological polar surface area (TPSA) is 20.3 Å². The van der Waals surface area contributed by atoms with E-state index in [1.165, 1.54) is 4.88 Å². The second-order valence-electron chi connectivity index (χ2n) is 3.75. The molecule has 0 bridgehead atoms. The summed E-state index contributed by atoms with van der Waals surface area (Å²) >= 11 is 9.21. The zero-order chi connectivity index (χ0) is 11.5. The van der Waals surface area contributed by atoms with Crippen molar-refractivity contribution in [1.29, 1.82) is 0 Å². The number of hydrogen-bond donors (Lipinski definition) is 0. The van der Waals surface area contributed by atoms with Gasteiger partial charge in [-0.25, -0.2) is 0 Å². The SMILES string of the molecule is CCCCN1C(=O)CSC1c1ccc(Cl)s1. The Morgan fingerprint density at radius 3 is 3.00 bits per heavy atom. The fourth-order valence-electron chi connectivity index (χ4n) is 1.72. The van der Waals surface area contributed by atoms with Crippen LogP contribution in [-0.4, -0.2) is 23.1 Å². The molecule has 0 aliphatic carbocycles. The molecule has 1 aliphatic rings. The van der Waals surface area contributed by atoms with Crippen LogP contribution in [0.15, 0.2) is 12.1 Å². The van der Waals surface area contributed by atoms with Crippen LogP contribution in [-0.2, 0) is 4.79 Å². The quantitative estimate of drug-likeness (QED) is 0.834. The van der Waals surface area contributed by atoms with Gasteiger partial charge in [0, 0.05) is 11.4 Å². The molecule has 1 aromatic rings. The van der Waals surface area contributed by atoms with Gasteiger partial charge in [0.05, 0.1) is 10.1 Å². The fraction of sp³-hybridized carbons (Fsp3) is 0.545. The summed E-state index contributed by atoms with van der Waals surface area (Å²) in [5.41, 5.74) is 0. The van der Waals surface area contributed by atoms with Gasteiger partial charge in [-0.2, -0.15) is 0 Å². The minimum absolute atomic E-state index is 0.191. The minimum atomic E-state index is 0.191. The van der Waals surface area contributed by atoms with Crippen LogP contribution in [0.3, 0.4) is 0 Å². The van der Waals surface area contributed by atoms with Gasteiger partial charge in [0.15, 0.2) is 0 Å². The predicted molar refractivity (Wildman–Crippen MR) is 71.1 cm³/mol. The van der Waals surface area contributed by atoms with E-state index in [9.17, 15) is 4.79 Å². The van der Waals surface area contributed by atoms with Gasteiger partial charge < -0.3 is 4.90 Å². The molecule has 1 unspecified atom stereocenters. The summed E-state index contributed by atoms with van der Waals surface area (Å²) in [4.78, 5) is 14.9. The van der Waals surface area contributed by atoms with Crippen molar-refractivity contribution in [2.75, 3.05) is 12.3 Å². The van der Waals surface area contributed by atoms with E-state index in [-0.39, 0.29) is 11.3 Å². The third-order valence-electron chi connectivity index (χ3n) is 2.56. The molecule has 1 fully saturated rings. The van der Waals surface area contributed by atoms with Crippen LogP contribution >= 0.6 is 34.7 Å². The predicted octanol–water partition coefficient (Wildman–Crippen LogP) is 3.78. The normalized spacial score (nSPS) is 20.8. The van der Waals surface area contributed by atoms with E-state index in [2.05, 4.69) is 6.92 Å². The smallest absolute Gasteiger partial charge is 0.233 e. The maximum atomic E-state index is 11.7. The third kappa shape index (κ3) is 2.55. The molecular formula is C11H14ClNOS2. The molecule has 2 heterocycles. The summed E-state index contributed by atoms with van der Waals surface area (Å²) in [6.45, 7) is 3.01. The van der Waals surface area contributed by atoms with Crippen molar-refractivity contribution >= 4 is 40.6 Å². The summed E-state index contributed by atoms with van der Waals surface area (Å²) in [5.74, 6) is 0.858. The second-order valence-corrected chi connectivity index (χ2v) is 6.56. The highest BCUT2D eigenvalue weighted by molar-refractivity contribution is 8.00. The molecule has 2 rings (SSSR count). The number of thioether (sulfide) groups is 1. The molecule has 0 saturated carbocycles. The first-order chi connectivity index (χ1) is 7.72. The fourth-order valence-corrected chi connectivity index (χ4v) is 4.24. The zero-order valence-corrected chi connectivity index (χ0v) is 11.5. The summed E-state index contributed by atoms with van der Waals surface area (Å²) in [6, 6.07) is 3.94. The number of hydrogen-bond acceptors (Lipinski definition) is 3. The van der Waals surface area contributed by atoms with Gasteiger partial charge in [-0.15, -0.1) is 23.1 Å². The van der Waals surface area contributed by atoms with Crippen molar-refractivity contribution in [3.05, 3.63) is 21.3 Å². The van der Waals surface area contributed by atoms with Crippen LogP contribution in [0.2, 0.25) is 4.34 Å². The van der Waals surface area contributed by atoms with Crippen LogP contribution in [0.25, 0.3) is 0 Å². The lowest BCUT2D eigenvalue weighted by molar-refractivity contribution is -0.128. The number of unbranched alkanes of at least 4 members (excludes halogenated alkanes) is 1. The van der Waals surface area contributed by atoms with Crippen molar-refractivity contribution in [2.45, 2.75) is 25.1 Å². The summed E-state index contributed by atoms with van der Waals surface area (Å²) in [6.07, 6.45) is 2.19. The Labute approximate surface area is 109 Å².